The van der Waals surface area contributed by atoms with E-state index in [1.807, 2.05) is 12.1 Å². The minimum Gasteiger partial charge on any atom is -0.308 e. The minimum absolute atomic E-state index is 0.0906. The van der Waals surface area contributed by atoms with Gasteiger partial charge in [-0.25, -0.2) is 0 Å². The maximum atomic E-state index is 12.5. The Labute approximate surface area is 136 Å². The van der Waals surface area contributed by atoms with Crippen LogP contribution in [0.2, 0.25) is 0 Å². The van der Waals surface area contributed by atoms with E-state index in [0.717, 1.165) is 5.57 Å². The number of anilines is 1. The molecule has 116 valence electrons. The number of nitrogens with zero attached hydrogens (tertiary/aromatic N) is 4. The fraction of sp³-hybridized carbons (Fsp3) is 0.312. The molecule has 6 nitrogen and oxygen atoms in total. The van der Waals surface area contributed by atoms with Gasteiger partial charge in [0.15, 0.2) is 11.6 Å². The molecule has 23 heavy (non-hydrogen) atoms. The topological polar surface area (TPSA) is 93.7 Å². The first-order valence-corrected chi connectivity index (χ1v) is 7.72. The summed E-state index contributed by atoms with van der Waals surface area (Å²) in [6.07, 6.45) is 5.09. The number of rotatable bonds is 1. The first kappa shape index (κ1) is 15.5. The number of carbonyl (C=O) groups excluding carboxylic acids is 1. The molecule has 1 aromatic heterocycles. The van der Waals surface area contributed by atoms with Gasteiger partial charge in [0, 0.05) is 12.7 Å². The van der Waals surface area contributed by atoms with Crippen LogP contribution in [0, 0.1) is 22.2 Å². The number of allylic oxidation sites excluding steroid dienone is 1. The highest BCUT2D eigenvalue weighted by atomic mass is 31.0. The average molecular weight is 325 g/mol. The third-order valence-electron chi connectivity index (χ3n) is 4.40. The Bertz CT molecular complexity index is 806. The van der Waals surface area contributed by atoms with Crippen molar-refractivity contribution in [3.05, 3.63) is 41.6 Å². The van der Waals surface area contributed by atoms with E-state index in [2.05, 4.69) is 19.4 Å². The maximum absolute atomic E-state index is 12.5. The van der Waals surface area contributed by atoms with Gasteiger partial charge in [-0.1, -0.05) is 6.08 Å². The molecule has 1 aromatic rings. The number of hydrogen-bond acceptors (Lipinski definition) is 5. The molecule has 0 amide bonds. The molecule has 2 atom stereocenters. The van der Waals surface area contributed by atoms with Crippen LogP contribution in [0.4, 0.5) is 5.82 Å². The Kier molecular flexibility index (Phi) is 3.42. The lowest BCUT2D eigenvalue weighted by Crippen LogP contribution is -2.55. The fourth-order valence-corrected chi connectivity index (χ4v) is 3.99. The monoisotopic (exact) mass is 325 g/mol. The Morgan fingerprint density at radius 3 is 2.83 bits per heavy atom. The molecule has 1 aliphatic heterocycles. The minimum atomic E-state index is -0.891. The zero-order valence-corrected chi connectivity index (χ0v) is 14.0. The molecule has 1 unspecified atom stereocenters. The van der Waals surface area contributed by atoms with Crippen LogP contribution < -0.4 is 4.90 Å². The van der Waals surface area contributed by atoms with Crippen molar-refractivity contribution in [1.29, 1.82) is 10.7 Å². The average Bonchev–Trinajstić information content (AvgIpc) is 2.54. The van der Waals surface area contributed by atoms with E-state index in [1.54, 1.807) is 43.2 Å². The highest BCUT2D eigenvalue weighted by Gasteiger charge is 2.52. The lowest BCUT2D eigenvalue weighted by atomic mass is 9.65. The number of fused-ring (bicyclic) bond motifs is 1. The van der Waals surface area contributed by atoms with E-state index in [1.165, 1.54) is 0 Å². The van der Waals surface area contributed by atoms with Gasteiger partial charge in [-0.3, -0.25) is 10.2 Å². The molecule has 0 fully saturated rings. The Hall–Kier alpha value is -2.38. The van der Waals surface area contributed by atoms with E-state index in [0.29, 0.717) is 12.4 Å². The molecule has 0 spiro atoms. The Balaban J connectivity index is 2.17. The van der Waals surface area contributed by atoms with Gasteiger partial charge in [-0.2, -0.15) is 10.4 Å². The molecule has 2 aliphatic rings. The quantitative estimate of drug-likeness (QED) is 0.628. The normalized spacial score (nSPS) is 26.1. The predicted octanol–water partition coefficient (Wildman–Crippen LogP) is 1.87. The molecule has 0 aromatic carbocycles. The van der Waals surface area contributed by atoms with Crippen LogP contribution in [-0.2, 0) is 4.79 Å². The summed E-state index contributed by atoms with van der Waals surface area (Å²) in [5.41, 5.74) is 0.0968. The molecule has 1 N–H and O–H groups in total. The van der Waals surface area contributed by atoms with Gasteiger partial charge in [0.1, 0.15) is 11.9 Å². The third kappa shape index (κ3) is 2.12. The lowest BCUT2D eigenvalue weighted by Gasteiger charge is -2.47. The van der Waals surface area contributed by atoms with Gasteiger partial charge in [-0.15, -0.1) is 14.3 Å². The molecule has 1 aliphatic carbocycles. The smallest absolute Gasteiger partial charge is 0.182 e. The summed E-state index contributed by atoms with van der Waals surface area (Å²) in [7, 11) is 2.64. The van der Waals surface area contributed by atoms with Crippen LogP contribution in [0.5, 0.6) is 0 Å². The van der Waals surface area contributed by atoms with Gasteiger partial charge in [0.25, 0.3) is 0 Å². The Morgan fingerprint density at radius 1 is 1.48 bits per heavy atom. The number of ketones is 1. The number of hydrogen-bond donors (Lipinski definition) is 1. The first-order valence-electron chi connectivity index (χ1n) is 7.14. The predicted molar refractivity (Wildman–Crippen MR) is 90.1 cm³/mol. The van der Waals surface area contributed by atoms with Gasteiger partial charge in [0.2, 0.25) is 0 Å². The molecule has 2 heterocycles. The van der Waals surface area contributed by atoms with Gasteiger partial charge >= 0.3 is 0 Å². The summed E-state index contributed by atoms with van der Waals surface area (Å²) < 4.78 is 0. The summed E-state index contributed by atoms with van der Waals surface area (Å²) in [6.45, 7) is 4.04. The summed E-state index contributed by atoms with van der Waals surface area (Å²) >= 11 is 0. The zero-order valence-electron chi connectivity index (χ0n) is 12.9. The zero-order chi connectivity index (χ0) is 16.8. The fourth-order valence-electron chi connectivity index (χ4n) is 3.19. The van der Waals surface area contributed by atoms with Crippen LogP contribution in [0.1, 0.15) is 13.8 Å². The molecule has 0 bridgehead atoms. The van der Waals surface area contributed by atoms with Crippen molar-refractivity contribution in [2.75, 3.05) is 11.4 Å². The number of Topliss-reactive ketones (excluding diaryl/α,β-unsaturated/α-hetero) is 1. The molecule has 7 heteroatoms. The van der Waals surface area contributed by atoms with Crippen molar-refractivity contribution in [3.63, 3.8) is 0 Å². The van der Waals surface area contributed by atoms with Crippen molar-refractivity contribution < 1.29 is 4.79 Å². The highest BCUT2D eigenvalue weighted by molar-refractivity contribution is 7.22. The SMILES string of the molecule is CC1(C)C(=O)C(C#N)=C[C@@]2(P)C(=N)N(c3cccnn3)CC=C12. The third-order valence-corrected chi connectivity index (χ3v) is 5.15. The standard InChI is InChI=1S/C16H16N5OP/c1-15(2)11-5-7-21(12-4-3-6-19-20-12)14(18)16(11,23)8-10(9-17)13(15)22/h3-6,8,18H,7,23H2,1-2H3/t16-/m0/s1. The molecule has 0 saturated carbocycles. The van der Waals surface area contributed by atoms with Crippen LogP contribution in [0.15, 0.2) is 41.6 Å². The van der Waals surface area contributed by atoms with E-state index in [9.17, 15) is 10.1 Å². The summed E-state index contributed by atoms with van der Waals surface area (Å²) in [5.74, 6) is 0.621. The Morgan fingerprint density at radius 2 is 2.22 bits per heavy atom. The van der Waals surface area contributed by atoms with E-state index in [-0.39, 0.29) is 17.2 Å². The second-order valence-corrected chi connectivity index (χ2v) is 7.06. The second-order valence-electron chi connectivity index (χ2n) is 6.15. The summed E-state index contributed by atoms with van der Waals surface area (Å²) in [6, 6.07) is 5.51. The van der Waals surface area contributed by atoms with Crippen molar-refractivity contribution in [2.24, 2.45) is 5.41 Å². The highest BCUT2D eigenvalue weighted by Crippen LogP contribution is 2.50. The van der Waals surface area contributed by atoms with Gasteiger partial charge in [0.05, 0.1) is 16.1 Å². The second kappa shape index (κ2) is 5.07. The summed E-state index contributed by atoms with van der Waals surface area (Å²) in [4.78, 5) is 14.2. The maximum Gasteiger partial charge on any atom is 0.182 e. The first-order chi connectivity index (χ1) is 10.8. The van der Waals surface area contributed by atoms with Crippen molar-refractivity contribution >= 4 is 26.7 Å². The van der Waals surface area contributed by atoms with E-state index >= 15 is 0 Å². The van der Waals surface area contributed by atoms with Gasteiger partial charge < -0.3 is 4.90 Å². The van der Waals surface area contributed by atoms with Crippen molar-refractivity contribution in [2.45, 2.75) is 19.0 Å². The molecular weight excluding hydrogens is 309 g/mol. The van der Waals surface area contributed by atoms with E-state index in [4.69, 9.17) is 5.41 Å². The van der Waals surface area contributed by atoms with Crippen LogP contribution in [-0.4, -0.2) is 33.5 Å². The van der Waals surface area contributed by atoms with Crippen molar-refractivity contribution in [3.8, 4) is 6.07 Å². The van der Waals surface area contributed by atoms with E-state index < -0.39 is 10.6 Å². The van der Waals surface area contributed by atoms with Crippen LogP contribution in [0.25, 0.3) is 0 Å². The van der Waals surface area contributed by atoms with Crippen LogP contribution >= 0.6 is 9.24 Å². The van der Waals surface area contributed by atoms with Crippen LogP contribution in [0.3, 0.4) is 0 Å². The molecule has 0 saturated heterocycles. The number of aromatic nitrogens is 2. The lowest BCUT2D eigenvalue weighted by molar-refractivity contribution is -0.121. The molecular formula is C16H16N5OP. The number of carbonyl (C=O) groups is 1. The van der Waals surface area contributed by atoms with Crippen molar-refractivity contribution in [1.82, 2.24) is 10.2 Å². The molecule has 0 radical (unpaired) electrons. The largest absolute Gasteiger partial charge is 0.308 e. The molecule has 3 rings (SSSR count). The summed E-state index contributed by atoms with van der Waals surface area (Å²) in [5, 5.41) is 25.0. The van der Waals surface area contributed by atoms with Gasteiger partial charge in [-0.05, 0) is 37.6 Å². The number of nitrogens with one attached hydrogen (secondary N) is 1. The number of amidine groups is 1. The number of nitriles is 1.